The Morgan fingerprint density at radius 2 is 2.12 bits per heavy atom. The third kappa shape index (κ3) is 4.91. The molecule has 6 nitrogen and oxygen atoms in total. The first kappa shape index (κ1) is 14.2. The van der Waals surface area contributed by atoms with E-state index in [1.54, 1.807) is 11.9 Å². The zero-order chi connectivity index (χ0) is 12.9. The SMILES string of the molecule is CNC(=O)N1CCCC[C@H]1CCNS(C)(=O)=O. The predicted molar refractivity (Wildman–Crippen MR) is 66.3 cm³/mol. The topological polar surface area (TPSA) is 78.5 Å². The second-order valence-electron chi connectivity index (χ2n) is 4.35. The summed E-state index contributed by atoms with van der Waals surface area (Å²) in [6.07, 6.45) is 4.87. The molecule has 1 heterocycles. The number of nitrogens with one attached hydrogen (secondary N) is 2. The molecule has 2 N–H and O–H groups in total. The molecule has 0 aromatic carbocycles. The van der Waals surface area contributed by atoms with Crippen LogP contribution in [-0.4, -0.2) is 51.8 Å². The maximum absolute atomic E-state index is 11.6. The summed E-state index contributed by atoms with van der Waals surface area (Å²) in [5, 5.41) is 2.62. The number of sulfonamides is 1. The van der Waals surface area contributed by atoms with E-state index in [1.807, 2.05) is 0 Å². The molecule has 0 aromatic heterocycles. The van der Waals surface area contributed by atoms with Gasteiger partial charge in [-0.25, -0.2) is 17.9 Å². The van der Waals surface area contributed by atoms with Crippen LogP contribution in [0.25, 0.3) is 0 Å². The molecule has 1 fully saturated rings. The monoisotopic (exact) mass is 263 g/mol. The van der Waals surface area contributed by atoms with Gasteiger partial charge in [0.1, 0.15) is 0 Å². The molecule has 0 bridgehead atoms. The van der Waals surface area contributed by atoms with E-state index in [0.29, 0.717) is 13.0 Å². The maximum atomic E-state index is 11.6. The highest BCUT2D eigenvalue weighted by Gasteiger charge is 2.25. The number of nitrogens with zero attached hydrogens (tertiary/aromatic N) is 1. The number of hydrogen-bond acceptors (Lipinski definition) is 3. The molecule has 7 heteroatoms. The Kier molecular flexibility index (Phi) is 5.20. The lowest BCUT2D eigenvalue weighted by Gasteiger charge is -2.35. The third-order valence-corrected chi connectivity index (χ3v) is 3.67. The van der Waals surface area contributed by atoms with Crippen molar-refractivity contribution in [2.75, 3.05) is 26.4 Å². The van der Waals surface area contributed by atoms with Crippen molar-refractivity contribution in [3.05, 3.63) is 0 Å². The molecular formula is C10H21N3O3S. The molecule has 1 aliphatic rings. The first-order valence-corrected chi connectivity index (χ1v) is 7.76. The van der Waals surface area contributed by atoms with Gasteiger partial charge in [0.15, 0.2) is 0 Å². The van der Waals surface area contributed by atoms with E-state index >= 15 is 0 Å². The van der Waals surface area contributed by atoms with E-state index in [4.69, 9.17) is 0 Å². The van der Waals surface area contributed by atoms with Gasteiger partial charge in [0.25, 0.3) is 0 Å². The molecule has 1 aliphatic heterocycles. The van der Waals surface area contributed by atoms with Crippen molar-refractivity contribution in [2.24, 2.45) is 0 Å². The van der Waals surface area contributed by atoms with E-state index in [0.717, 1.165) is 32.1 Å². The summed E-state index contributed by atoms with van der Waals surface area (Å²) in [7, 11) is -1.52. The summed E-state index contributed by atoms with van der Waals surface area (Å²) in [5.74, 6) is 0. The average Bonchev–Trinajstić information content (AvgIpc) is 2.27. The number of hydrogen-bond donors (Lipinski definition) is 2. The number of carbonyl (C=O) groups excluding carboxylic acids is 1. The molecule has 1 rings (SSSR count). The van der Waals surface area contributed by atoms with Crippen molar-refractivity contribution in [2.45, 2.75) is 31.7 Å². The van der Waals surface area contributed by atoms with Crippen LogP contribution >= 0.6 is 0 Å². The van der Waals surface area contributed by atoms with Crippen LogP contribution in [0.2, 0.25) is 0 Å². The van der Waals surface area contributed by atoms with Gasteiger partial charge in [-0.15, -0.1) is 0 Å². The van der Waals surface area contributed by atoms with Crippen molar-refractivity contribution in [1.29, 1.82) is 0 Å². The standard InChI is InChI=1S/C10H21N3O3S/c1-11-10(14)13-8-4-3-5-9(13)6-7-12-17(2,15)16/h9,12H,3-8H2,1-2H3,(H,11,14)/t9-/m0/s1. The lowest BCUT2D eigenvalue weighted by atomic mass is 10.00. The second-order valence-corrected chi connectivity index (χ2v) is 6.19. The van der Waals surface area contributed by atoms with Gasteiger partial charge in [0.05, 0.1) is 6.26 Å². The van der Waals surface area contributed by atoms with Gasteiger partial charge in [-0.05, 0) is 25.7 Å². The van der Waals surface area contributed by atoms with E-state index < -0.39 is 10.0 Å². The van der Waals surface area contributed by atoms with Crippen LogP contribution in [-0.2, 0) is 10.0 Å². The number of carbonyl (C=O) groups is 1. The lowest BCUT2D eigenvalue weighted by molar-refractivity contribution is 0.149. The maximum Gasteiger partial charge on any atom is 0.317 e. The Bertz CT molecular complexity index is 356. The molecule has 0 unspecified atom stereocenters. The van der Waals surface area contributed by atoms with E-state index in [9.17, 15) is 13.2 Å². The van der Waals surface area contributed by atoms with Gasteiger partial charge < -0.3 is 10.2 Å². The highest BCUT2D eigenvalue weighted by atomic mass is 32.2. The molecule has 1 saturated heterocycles. The second kappa shape index (κ2) is 6.20. The fourth-order valence-electron chi connectivity index (χ4n) is 2.12. The fourth-order valence-corrected chi connectivity index (χ4v) is 2.61. The fraction of sp³-hybridized carbons (Fsp3) is 0.900. The molecule has 0 saturated carbocycles. The molecule has 0 radical (unpaired) electrons. The van der Waals surface area contributed by atoms with Gasteiger partial charge in [-0.2, -0.15) is 0 Å². The molecule has 1 atom stereocenters. The van der Waals surface area contributed by atoms with Crippen LogP contribution in [0.3, 0.4) is 0 Å². The van der Waals surface area contributed by atoms with E-state index in [2.05, 4.69) is 10.0 Å². The van der Waals surface area contributed by atoms with Crippen molar-refractivity contribution in [3.63, 3.8) is 0 Å². The van der Waals surface area contributed by atoms with Gasteiger partial charge in [0.2, 0.25) is 10.0 Å². The van der Waals surface area contributed by atoms with Crippen molar-refractivity contribution < 1.29 is 13.2 Å². The molecule has 0 spiro atoms. The number of urea groups is 1. The Hall–Kier alpha value is -0.820. The molecule has 0 aromatic rings. The van der Waals surface area contributed by atoms with E-state index in [-0.39, 0.29) is 12.1 Å². The van der Waals surface area contributed by atoms with Crippen molar-refractivity contribution >= 4 is 16.1 Å². The summed E-state index contributed by atoms with van der Waals surface area (Å²) in [6, 6.07) is 0.0620. The van der Waals surface area contributed by atoms with Gasteiger partial charge in [-0.3, -0.25) is 0 Å². The molecule has 2 amide bonds. The largest absolute Gasteiger partial charge is 0.341 e. The van der Waals surface area contributed by atoms with E-state index in [1.165, 1.54) is 0 Å². The Balaban J connectivity index is 2.46. The average molecular weight is 263 g/mol. The smallest absolute Gasteiger partial charge is 0.317 e. The Labute approximate surface area is 103 Å². The molecule has 0 aliphatic carbocycles. The van der Waals surface area contributed by atoms with Gasteiger partial charge >= 0.3 is 6.03 Å². The summed E-state index contributed by atoms with van der Waals surface area (Å²) in [4.78, 5) is 13.4. The van der Waals surface area contributed by atoms with Crippen LogP contribution in [0.4, 0.5) is 4.79 Å². The first-order chi connectivity index (χ1) is 7.94. The molecular weight excluding hydrogens is 242 g/mol. The number of likely N-dealkylation sites (tertiary alicyclic amines) is 1. The minimum atomic E-state index is -3.14. The summed E-state index contributed by atoms with van der Waals surface area (Å²) < 4.78 is 24.3. The van der Waals surface area contributed by atoms with Gasteiger partial charge in [-0.1, -0.05) is 0 Å². The van der Waals surface area contributed by atoms with Crippen LogP contribution in [0.15, 0.2) is 0 Å². The van der Waals surface area contributed by atoms with Crippen LogP contribution in [0, 0.1) is 0 Å². The van der Waals surface area contributed by atoms with Crippen molar-refractivity contribution in [3.8, 4) is 0 Å². The highest BCUT2D eigenvalue weighted by Crippen LogP contribution is 2.19. The van der Waals surface area contributed by atoms with Crippen LogP contribution in [0.1, 0.15) is 25.7 Å². The quantitative estimate of drug-likeness (QED) is 0.756. The first-order valence-electron chi connectivity index (χ1n) is 5.87. The lowest BCUT2D eigenvalue weighted by Crippen LogP contribution is -2.48. The van der Waals surface area contributed by atoms with Crippen LogP contribution < -0.4 is 10.0 Å². The summed E-state index contributed by atoms with van der Waals surface area (Å²) in [5.41, 5.74) is 0. The Morgan fingerprint density at radius 3 is 2.71 bits per heavy atom. The highest BCUT2D eigenvalue weighted by molar-refractivity contribution is 7.88. The van der Waals surface area contributed by atoms with Crippen LogP contribution in [0.5, 0.6) is 0 Å². The number of piperidine rings is 1. The predicted octanol–water partition coefficient (Wildman–Crippen LogP) is 0.120. The Morgan fingerprint density at radius 1 is 1.41 bits per heavy atom. The summed E-state index contributed by atoms with van der Waals surface area (Å²) >= 11 is 0. The van der Waals surface area contributed by atoms with Crippen molar-refractivity contribution in [1.82, 2.24) is 14.9 Å². The number of rotatable bonds is 4. The number of amides is 2. The van der Waals surface area contributed by atoms with Gasteiger partial charge in [0, 0.05) is 26.2 Å². The minimum absolute atomic E-state index is 0.0749. The zero-order valence-electron chi connectivity index (χ0n) is 10.4. The third-order valence-electron chi connectivity index (χ3n) is 2.94. The zero-order valence-corrected chi connectivity index (χ0v) is 11.2. The molecule has 17 heavy (non-hydrogen) atoms. The molecule has 100 valence electrons. The normalized spacial score (nSPS) is 21.3. The summed E-state index contributed by atoms with van der Waals surface area (Å²) in [6.45, 7) is 1.14. The minimum Gasteiger partial charge on any atom is -0.341 e.